The lowest BCUT2D eigenvalue weighted by Gasteiger charge is -2.17. The normalized spacial score (nSPS) is 11.5. The van der Waals surface area contributed by atoms with Gasteiger partial charge in [-0.2, -0.15) is 0 Å². The molecule has 0 spiro atoms. The number of amides is 1. The predicted molar refractivity (Wildman–Crippen MR) is 111 cm³/mol. The molecule has 0 aliphatic carbocycles. The van der Waals surface area contributed by atoms with Crippen LogP contribution in [0.25, 0.3) is 0 Å². The average molecular weight is 443 g/mol. The number of hydrogen-bond donors (Lipinski definition) is 1. The molecule has 0 aromatic heterocycles. The quantitative estimate of drug-likeness (QED) is 0.530. The summed E-state index contributed by atoms with van der Waals surface area (Å²) in [6.45, 7) is 0.385. The van der Waals surface area contributed by atoms with Gasteiger partial charge in [0, 0.05) is 18.6 Å². The molecule has 3 aromatic carbocycles. The van der Waals surface area contributed by atoms with Crippen LogP contribution in [0.3, 0.4) is 0 Å². The summed E-state index contributed by atoms with van der Waals surface area (Å²) in [6.07, 6.45) is 0.00180. The summed E-state index contributed by atoms with van der Waals surface area (Å²) in [4.78, 5) is 24.5. The Morgan fingerprint density at radius 2 is 1.53 bits per heavy atom. The maximum Gasteiger partial charge on any atom is 0.328 e. The number of methoxy groups -OCH3 is 1. The fourth-order valence-electron chi connectivity index (χ4n) is 3.02. The molecule has 3 aromatic rings. The van der Waals surface area contributed by atoms with Crippen molar-refractivity contribution in [2.75, 3.05) is 7.11 Å². The summed E-state index contributed by atoms with van der Waals surface area (Å²) in [5.41, 5.74) is 0.670. The standard InChI is InChI=1S/C24H20F3NO4/c1-31-24(30)21(28-23(29)22-19(26)12-17(25)13-20(22)27)11-15-7-9-18(10-8-15)32-14-16-5-3-2-4-6-16/h2-10,12-13,21H,11,14H2,1H3,(H,28,29)/t21-/m0/s1. The third-order valence-electron chi connectivity index (χ3n) is 4.64. The minimum Gasteiger partial charge on any atom is -0.489 e. The zero-order valence-corrected chi connectivity index (χ0v) is 17.1. The first-order valence-electron chi connectivity index (χ1n) is 9.66. The van der Waals surface area contributed by atoms with Gasteiger partial charge in [-0.15, -0.1) is 0 Å². The van der Waals surface area contributed by atoms with E-state index in [1.807, 2.05) is 30.3 Å². The fraction of sp³-hybridized carbons (Fsp3) is 0.167. The topological polar surface area (TPSA) is 64.6 Å². The second kappa shape index (κ2) is 10.5. The number of carbonyl (C=O) groups is 2. The van der Waals surface area contributed by atoms with E-state index in [-0.39, 0.29) is 6.42 Å². The van der Waals surface area contributed by atoms with Crippen molar-refractivity contribution in [3.63, 3.8) is 0 Å². The van der Waals surface area contributed by atoms with E-state index in [1.54, 1.807) is 24.3 Å². The number of carbonyl (C=O) groups excluding carboxylic acids is 2. The lowest BCUT2D eigenvalue weighted by atomic mass is 10.0. The number of ether oxygens (including phenoxy) is 2. The van der Waals surface area contributed by atoms with Gasteiger partial charge >= 0.3 is 5.97 Å². The first kappa shape index (κ1) is 22.9. The third-order valence-corrected chi connectivity index (χ3v) is 4.64. The zero-order valence-electron chi connectivity index (χ0n) is 17.1. The van der Waals surface area contributed by atoms with E-state index in [0.29, 0.717) is 30.1 Å². The SMILES string of the molecule is COC(=O)[C@H](Cc1ccc(OCc2ccccc2)cc1)NC(=O)c1c(F)cc(F)cc1F. The maximum absolute atomic E-state index is 13.9. The molecule has 8 heteroatoms. The molecule has 166 valence electrons. The number of rotatable bonds is 8. The van der Waals surface area contributed by atoms with Crippen LogP contribution in [-0.4, -0.2) is 25.0 Å². The van der Waals surface area contributed by atoms with Gasteiger partial charge in [-0.05, 0) is 23.3 Å². The highest BCUT2D eigenvalue weighted by molar-refractivity contribution is 5.97. The molecule has 0 aliphatic heterocycles. The van der Waals surface area contributed by atoms with E-state index in [2.05, 4.69) is 10.1 Å². The van der Waals surface area contributed by atoms with Gasteiger partial charge in [0.2, 0.25) is 0 Å². The number of halogens is 3. The molecule has 32 heavy (non-hydrogen) atoms. The van der Waals surface area contributed by atoms with Crippen LogP contribution in [0.15, 0.2) is 66.7 Å². The highest BCUT2D eigenvalue weighted by Crippen LogP contribution is 2.18. The highest BCUT2D eigenvalue weighted by Gasteiger charge is 2.26. The van der Waals surface area contributed by atoms with Crippen molar-refractivity contribution in [3.8, 4) is 5.75 Å². The van der Waals surface area contributed by atoms with Crippen LogP contribution >= 0.6 is 0 Å². The Morgan fingerprint density at radius 1 is 0.906 bits per heavy atom. The second-order valence-electron chi connectivity index (χ2n) is 6.92. The molecule has 0 aliphatic rings. The number of hydrogen-bond acceptors (Lipinski definition) is 4. The highest BCUT2D eigenvalue weighted by atomic mass is 19.1. The van der Waals surface area contributed by atoms with Gasteiger partial charge in [-0.3, -0.25) is 4.79 Å². The van der Waals surface area contributed by atoms with E-state index in [0.717, 1.165) is 12.7 Å². The molecular formula is C24H20F3NO4. The third kappa shape index (κ3) is 5.87. The van der Waals surface area contributed by atoms with Crippen LogP contribution in [0.4, 0.5) is 13.2 Å². The molecule has 1 atom stereocenters. The lowest BCUT2D eigenvalue weighted by molar-refractivity contribution is -0.142. The van der Waals surface area contributed by atoms with Gasteiger partial charge in [0.25, 0.3) is 5.91 Å². The van der Waals surface area contributed by atoms with Gasteiger partial charge < -0.3 is 14.8 Å². The molecular weight excluding hydrogens is 423 g/mol. The lowest BCUT2D eigenvalue weighted by Crippen LogP contribution is -2.43. The fourth-order valence-corrected chi connectivity index (χ4v) is 3.02. The van der Waals surface area contributed by atoms with Crippen LogP contribution in [-0.2, 0) is 22.6 Å². The monoisotopic (exact) mass is 443 g/mol. The average Bonchev–Trinajstić information content (AvgIpc) is 2.77. The van der Waals surface area contributed by atoms with E-state index in [4.69, 9.17) is 4.74 Å². The number of nitrogens with one attached hydrogen (secondary N) is 1. The van der Waals surface area contributed by atoms with Crippen LogP contribution in [0, 0.1) is 17.5 Å². The molecule has 1 amide bonds. The second-order valence-corrected chi connectivity index (χ2v) is 6.92. The summed E-state index contributed by atoms with van der Waals surface area (Å²) in [5, 5.41) is 2.25. The molecule has 0 fully saturated rings. The van der Waals surface area contributed by atoms with Gasteiger partial charge in [0.05, 0.1) is 7.11 Å². The minimum atomic E-state index is -1.37. The Bertz CT molecular complexity index is 1070. The number of esters is 1. The Hall–Kier alpha value is -3.81. The van der Waals surface area contributed by atoms with Gasteiger partial charge in [0.1, 0.15) is 41.4 Å². The van der Waals surface area contributed by atoms with Crippen molar-refractivity contribution in [3.05, 3.63) is 101 Å². The molecule has 0 bridgehead atoms. The molecule has 0 saturated carbocycles. The van der Waals surface area contributed by atoms with Crippen LogP contribution in [0.1, 0.15) is 21.5 Å². The van der Waals surface area contributed by atoms with Gasteiger partial charge in [-0.1, -0.05) is 42.5 Å². The van der Waals surface area contributed by atoms with Gasteiger partial charge in [0.15, 0.2) is 0 Å². The minimum absolute atomic E-state index is 0.00180. The largest absolute Gasteiger partial charge is 0.489 e. The van der Waals surface area contributed by atoms with Crippen molar-refractivity contribution in [1.82, 2.24) is 5.32 Å². The first-order valence-corrected chi connectivity index (χ1v) is 9.66. The van der Waals surface area contributed by atoms with E-state index >= 15 is 0 Å². The molecule has 0 heterocycles. The predicted octanol–water partition coefficient (Wildman–Crippen LogP) is 4.20. The van der Waals surface area contributed by atoms with Crippen molar-refractivity contribution in [2.24, 2.45) is 0 Å². The zero-order chi connectivity index (χ0) is 23.1. The van der Waals surface area contributed by atoms with E-state index in [1.165, 1.54) is 0 Å². The van der Waals surface area contributed by atoms with E-state index in [9.17, 15) is 22.8 Å². The van der Waals surface area contributed by atoms with Crippen molar-refractivity contribution < 1.29 is 32.2 Å². The number of benzene rings is 3. The molecule has 0 radical (unpaired) electrons. The van der Waals surface area contributed by atoms with Crippen LogP contribution < -0.4 is 10.1 Å². The summed E-state index contributed by atoms with van der Waals surface area (Å²) in [6, 6.07) is 16.0. The van der Waals surface area contributed by atoms with Crippen molar-refractivity contribution in [1.29, 1.82) is 0 Å². The van der Waals surface area contributed by atoms with Crippen LogP contribution in [0.2, 0.25) is 0 Å². The van der Waals surface area contributed by atoms with Crippen LogP contribution in [0.5, 0.6) is 5.75 Å². The Kier molecular flexibility index (Phi) is 7.49. The van der Waals surface area contributed by atoms with Crippen molar-refractivity contribution in [2.45, 2.75) is 19.1 Å². The van der Waals surface area contributed by atoms with Crippen molar-refractivity contribution >= 4 is 11.9 Å². The Morgan fingerprint density at radius 3 is 2.12 bits per heavy atom. The smallest absolute Gasteiger partial charge is 0.328 e. The summed E-state index contributed by atoms with van der Waals surface area (Å²) in [7, 11) is 1.13. The Labute approximate surface area is 182 Å². The Balaban J connectivity index is 1.68. The molecule has 0 saturated heterocycles. The molecule has 3 rings (SSSR count). The van der Waals surface area contributed by atoms with E-state index < -0.39 is 40.9 Å². The van der Waals surface area contributed by atoms with Gasteiger partial charge in [-0.25, -0.2) is 18.0 Å². The summed E-state index contributed by atoms with van der Waals surface area (Å²) < 4.78 is 51.3. The maximum atomic E-state index is 13.9. The summed E-state index contributed by atoms with van der Waals surface area (Å²) >= 11 is 0. The first-order chi connectivity index (χ1) is 15.4. The molecule has 1 N–H and O–H groups in total. The molecule has 0 unspecified atom stereocenters. The summed E-state index contributed by atoms with van der Waals surface area (Å²) in [5.74, 6) is -5.29. The molecule has 5 nitrogen and oxygen atoms in total.